The van der Waals surface area contributed by atoms with E-state index in [4.69, 9.17) is 26.2 Å². The van der Waals surface area contributed by atoms with Crippen molar-refractivity contribution < 1.29 is 14.6 Å². The van der Waals surface area contributed by atoms with Gasteiger partial charge in [0, 0.05) is 24.6 Å². The molecule has 0 spiro atoms. The molecule has 0 radical (unpaired) electrons. The van der Waals surface area contributed by atoms with E-state index in [1.54, 1.807) is 7.11 Å². The minimum absolute atomic E-state index is 0.0332. The summed E-state index contributed by atoms with van der Waals surface area (Å²) in [5.74, 6) is 1.19. The highest BCUT2D eigenvalue weighted by atomic mass is 35.5. The largest absolute Gasteiger partial charge is 0.493 e. The fourth-order valence-electron chi connectivity index (χ4n) is 1.66. The van der Waals surface area contributed by atoms with Gasteiger partial charge in [-0.15, -0.1) is 0 Å². The van der Waals surface area contributed by atoms with Gasteiger partial charge in [-0.2, -0.15) is 0 Å². The molecule has 5 heteroatoms. The van der Waals surface area contributed by atoms with E-state index in [1.165, 1.54) is 0 Å². The quantitative estimate of drug-likeness (QED) is 0.811. The monoisotopic (exact) mass is 315 g/mol. The van der Waals surface area contributed by atoms with E-state index < -0.39 is 0 Å². The second-order valence-electron chi connectivity index (χ2n) is 6.31. The molecule has 1 atom stereocenters. The third-order valence-electron chi connectivity index (χ3n) is 2.94. The highest BCUT2D eigenvalue weighted by Gasteiger charge is 2.15. The van der Waals surface area contributed by atoms with E-state index in [2.05, 4.69) is 26.1 Å². The highest BCUT2D eigenvalue weighted by molar-refractivity contribution is 6.32. The maximum absolute atomic E-state index is 9.05. The fourth-order valence-corrected chi connectivity index (χ4v) is 1.95. The molecule has 1 rings (SSSR count). The second kappa shape index (κ2) is 7.87. The van der Waals surface area contributed by atoms with Gasteiger partial charge in [0.2, 0.25) is 0 Å². The number of rotatable bonds is 7. The second-order valence-corrected chi connectivity index (χ2v) is 6.72. The van der Waals surface area contributed by atoms with Gasteiger partial charge >= 0.3 is 0 Å². The average molecular weight is 316 g/mol. The molecule has 120 valence electrons. The molecule has 0 saturated carbocycles. The first kappa shape index (κ1) is 18.1. The van der Waals surface area contributed by atoms with Crippen LogP contribution in [0, 0.1) is 5.92 Å². The molecule has 1 unspecified atom stereocenters. The molecule has 0 fully saturated rings. The Bertz CT molecular complexity index is 458. The van der Waals surface area contributed by atoms with Crippen LogP contribution in [0.4, 0.5) is 0 Å². The van der Waals surface area contributed by atoms with Gasteiger partial charge in [0.15, 0.2) is 11.5 Å². The Labute approximate surface area is 132 Å². The van der Waals surface area contributed by atoms with E-state index in [0.29, 0.717) is 29.7 Å². The molecule has 0 aliphatic heterocycles. The maximum atomic E-state index is 9.05. The van der Waals surface area contributed by atoms with Gasteiger partial charge in [0.1, 0.15) is 0 Å². The van der Waals surface area contributed by atoms with Gasteiger partial charge in [0.05, 0.1) is 18.7 Å². The van der Waals surface area contributed by atoms with Crippen LogP contribution in [0.2, 0.25) is 5.02 Å². The minimum atomic E-state index is 0.0332. The molecular weight excluding hydrogens is 290 g/mol. The summed E-state index contributed by atoms with van der Waals surface area (Å²) >= 11 is 6.29. The summed E-state index contributed by atoms with van der Waals surface area (Å²) in [6.45, 7) is 9.41. The van der Waals surface area contributed by atoms with E-state index in [1.807, 2.05) is 19.1 Å². The number of halogens is 1. The first-order valence-corrected chi connectivity index (χ1v) is 7.49. The molecule has 0 saturated heterocycles. The van der Waals surface area contributed by atoms with Crippen LogP contribution in [-0.4, -0.2) is 31.0 Å². The van der Waals surface area contributed by atoms with Crippen LogP contribution in [-0.2, 0) is 6.54 Å². The first-order chi connectivity index (χ1) is 9.76. The third-order valence-corrected chi connectivity index (χ3v) is 3.22. The van der Waals surface area contributed by atoms with Crippen molar-refractivity contribution in [2.45, 2.75) is 39.8 Å². The number of hydrogen-bond donors (Lipinski definition) is 2. The lowest BCUT2D eigenvalue weighted by Crippen LogP contribution is -2.35. The highest BCUT2D eigenvalue weighted by Crippen LogP contribution is 2.36. The van der Waals surface area contributed by atoms with Crippen LogP contribution in [0.25, 0.3) is 0 Å². The smallest absolute Gasteiger partial charge is 0.179 e. The van der Waals surface area contributed by atoms with E-state index in [0.717, 1.165) is 5.56 Å². The number of ether oxygens (including phenoxy) is 2. The summed E-state index contributed by atoms with van der Waals surface area (Å²) in [5.41, 5.74) is 1.07. The van der Waals surface area contributed by atoms with Crippen LogP contribution < -0.4 is 14.8 Å². The summed E-state index contributed by atoms with van der Waals surface area (Å²) in [6.07, 6.45) is 0. The molecule has 21 heavy (non-hydrogen) atoms. The van der Waals surface area contributed by atoms with E-state index in [9.17, 15) is 0 Å². The van der Waals surface area contributed by atoms with Crippen LogP contribution >= 0.6 is 11.6 Å². The Balaban J connectivity index is 2.86. The topological polar surface area (TPSA) is 50.7 Å². The van der Waals surface area contributed by atoms with Crippen molar-refractivity contribution in [1.82, 2.24) is 5.32 Å². The molecule has 0 bridgehead atoms. The molecule has 1 aromatic rings. The zero-order valence-corrected chi connectivity index (χ0v) is 14.3. The molecule has 0 amide bonds. The Morgan fingerprint density at radius 2 is 2.00 bits per heavy atom. The van der Waals surface area contributed by atoms with Crippen molar-refractivity contribution in [3.63, 3.8) is 0 Å². The number of aliphatic hydroxyl groups is 1. The fraction of sp³-hybridized carbons (Fsp3) is 0.625. The number of hydrogen-bond acceptors (Lipinski definition) is 4. The molecule has 1 aromatic carbocycles. The van der Waals surface area contributed by atoms with Gasteiger partial charge in [-0.05, 0) is 38.5 Å². The maximum Gasteiger partial charge on any atom is 0.179 e. The molecule has 0 aromatic heterocycles. The lowest BCUT2D eigenvalue weighted by atomic mass is 10.1. The lowest BCUT2D eigenvalue weighted by molar-refractivity contribution is 0.171. The summed E-state index contributed by atoms with van der Waals surface area (Å²) in [4.78, 5) is 0. The average Bonchev–Trinajstić information content (AvgIpc) is 2.42. The predicted molar refractivity (Wildman–Crippen MR) is 86.3 cm³/mol. The predicted octanol–water partition coefficient (Wildman–Crippen LogP) is 3.24. The zero-order chi connectivity index (χ0) is 16.0. The number of nitrogens with one attached hydrogen (secondary N) is 1. The van der Waals surface area contributed by atoms with Gasteiger partial charge in [-0.3, -0.25) is 0 Å². The van der Waals surface area contributed by atoms with Crippen molar-refractivity contribution in [2.24, 2.45) is 5.92 Å². The van der Waals surface area contributed by atoms with Crippen molar-refractivity contribution in [2.75, 3.05) is 20.3 Å². The van der Waals surface area contributed by atoms with E-state index in [-0.39, 0.29) is 18.1 Å². The van der Waals surface area contributed by atoms with Gasteiger partial charge in [-0.1, -0.05) is 18.5 Å². The summed E-state index contributed by atoms with van der Waals surface area (Å²) in [6, 6.07) is 3.80. The van der Waals surface area contributed by atoms with Gasteiger partial charge in [0.25, 0.3) is 0 Å². The normalized spacial score (nSPS) is 13.1. The van der Waals surface area contributed by atoms with Gasteiger partial charge < -0.3 is 19.9 Å². The Hall–Kier alpha value is -0.970. The summed E-state index contributed by atoms with van der Waals surface area (Å²) < 4.78 is 11.0. The van der Waals surface area contributed by atoms with Crippen molar-refractivity contribution in [1.29, 1.82) is 0 Å². The third kappa shape index (κ3) is 6.12. The number of aliphatic hydroxyl groups excluding tert-OH is 1. The standard InChI is InChI=1S/C16H26ClNO3/c1-11(9-19)10-21-15-13(17)6-12(7-14(15)20-5)8-18-16(2,3)4/h6-7,11,18-19H,8-10H2,1-5H3. The molecule has 2 N–H and O–H groups in total. The molecule has 0 heterocycles. The Morgan fingerprint density at radius 3 is 2.52 bits per heavy atom. The SMILES string of the molecule is COc1cc(CNC(C)(C)C)cc(Cl)c1OCC(C)CO. The van der Waals surface area contributed by atoms with Crippen molar-refractivity contribution in [3.05, 3.63) is 22.7 Å². The van der Waals surface area contributed by atoms with Crippen molar-refractivity contribution >= 4 is 11.6 Å². The van der Waals surface area contributed by atoms with E-state index >= 15 is 0 Å². The molecule has 0 aliphatic carbocycles. The van der Waals surface area contributed by atoms with Gasteiger partial charge in [-0.25, -0.2) is 0 Å². The van der Waals surface area contributed by atoms with Crippen LogP contribution in [0.1, 0.15) is 33.3 Å². The van der Waals surface area contributed by atoms with Crippen LogP contribution in [0.3, 0.4) is 0 Å². The summed E-state index contributed by atoms with van der Waals surface area (Å²) in [7, 11) is 1.59. The zero-order valence-electron chi connectivity index (χ0n) is 13.5. The number of methoxy groups -OCH3 is 1. The lowest BCUT2D eigenvalue weighted by Gasteiger charge is -2.21. The molecule has 4 nitrogen and oxygen atoms in total. The van der Waals surface area contributed by atoms with Crippen molar-refractivity contribution in [3.8, 4) is 11.5 Å². The first-order valence-electron chi connectivity index (χ1n) is 7.12. The minimum Gasteiger partial charge on any atom is -0.493 e. The molecular formula is C16H26ClNO3. The summed E-state index contributed by atoms with van der Waals surface area (Å²) in [5, 5.41) is 13.0. The molecule has 0 aliphatic rings. The van der Waals surface area contributed by atoms with Crippen LogP contribution in [0.15, 0.2) is 12.1 Å². The van der Waals surface area contributed by atoms with Crippen LogP contribution in [0.5, 0.6) is 11.5 Å². The number of benzene rings is 1. The Morgan fingerprint density at radius 1 is 1.33 bits per heavy atom. The Kier molecular flexibility index (Phi) is 6.78.